The van der Waals surface area contributed by atoms with E-state index in [0.717, 1.165) is 5.69 Å². The first-order valence-corrected chi connectivity index (χ1v) is 3.32. The van der Waals surface area contributed by atoms with Gasteiger partial charge in [-0.3, -0.25) is 10.0 Å². The van der Waals surface area contributed by atoms with Crippen molar-refractivity contribution in [1.82, 2.24) is 10.5 Å². The normalized spacial score (nSPS) is 9.50. The fourth-order valence-corrected chi connectivity index (χ4v) is 0.829. The molecule has 1 aromatic heterocycles. The molecule has 1 heterocycles. The molecule has 1 rings (SSSR count). The fourth-order valence-electron chi connectivity index (χ4n) is 0.829. The van der Waals surface area contributed by atoms with Crippen LogP contribution in [0.4, 0.5) is 5.82 Å². The number of rotatable bonds is 1. The first-order chi connectivity index (χ1) is 5.65. The van der Waals surface area contributed by atoms with Gasteiger partial charge in [0.1, 0.15) is 5.82 Å². The Morgan fingerprint density at radius 2 is 2.33 bits per heavy atom. The van der Waals surface area contributed by atoms with Crippen LogP contribution in [0.1, 0.15) is 16.1 Å². The van der Waals surface area contributed by atoms with Gasteiger partial charge in [-0.1, -0.05) is 0 Å². The van der Waals surface area contributed by atoms with Crippen LogP contribution in [0.5, 0.6) is 0 Å². The van der Waals surface area contributed by atoms with Gasteiger partial charge in [0, 0.05) is 5.69 Å². The first-order valence-electron chi connectivity index (χ1n) is 3.32. The van der Waals surface area contributed by atoms with E-state index >= 15 is 0 Å². The average molecular weight is 167 g/mol. The van der Waals surface area contributed by atoms with Crippen LogP contribution >= 0.6 is 0 Å². The monoisotopic (exact) mass is 167 g/mol. The zero-order valence-corrected chi connectivity index (χ0v) is 6.53. The fraction of sp³-hybridized carbons (Fsp3) is 0.143. The molecule has 1 amide bonds. The molecule has 0 saturated heterocycles. The Bertz CT molecular complexity index is 312. The summed E-state index contributed by atoms with van der Waals surface area (Å²) in [4.78, 5) is 14.7. The van der Waals surface area contributed by atoms with Gasteiger partial charge < -0.3 is 5.73 Å². The van der Waals surface area contributed by atoms with Gasteiger partial charge in [0.05, 0.1) is 5.56 Å². The second kappa shape index (κ2) is 3.19. The number of nitrogens with zero attached hydrogens (tertiary/aromatic N) is 1. The molecule has 0 unspecified atom stereocenters. The molecule has 1 aromatic rings. The van der Waals surface area contributed by atoms with Gasteiger partial charge in [0.25, 0.3) is 5.91 Å². The van der Waals surface area contributed by atoms with Gasteiger partial charge >= 0.3 is 0 Å². The van der Waals surface area contributed by atoms with Crippen molar-refractivity contribution < 1.29 is 10.0 Å². The smallest absolute Gasteiger partial charge is 0.278 e. The van der Waals surface area contributed by atoms with Crippen LogP contribution < -0.4 is 11.2 Å². The molecular weight excluding hydrogens is 158 g/mol. The van der Waals surface area contributed by atoms with Gasteiger partial charge in [-0.2, -0.15) is 0 Å². The molecule has 12 heavy (non-hydrogen) atoms. The maximum atomic E-state index is 10.9. The Morgan fingerprint density at radius 1 is 1.67 bits per heavy atom. The summed E-state index contributed by atoms with van der Waals surface area (Å²) in [6, 6.07) is 3.14. The summed E-state index contributed by atoms with van der Waals surface area (Å²) in [5.41, 5.74) is 7.79. The minimum absolute atomic E-state index is 0.113. The molecule has 0 aliphatic rings. The molecule has 0 atom stereocenters. The zero-order chi connectivity index (χ0) is 9.14. The summed E-state index contributed by atoms with van der Waals surface area (Å²) in [5, 5.41) is 8.30. The van der Waals surface area contributed by atoms with Crippen molar-refractivity contribution >= 4 is 11.7 Å². The number of aromatic nitrogens is 1. The summed E-state index contributed by atoms with van der Waals surface area (Å²) in [6.45, 7) is 1.76. The number of carbonyl (C=O) groups excluding carboxylic acids is 1. The van der Waals surface area contributed by atoms with E-state index in [1.165, 1.54) is 11.5 Å². The Balaban J connectivity index is 3.09. The second-order valence-corrected chi connectivity index (χ2v) is 2.33. The largest absolute Gasteiger partial charge is 0.383 e. The molecule has 0 radical (unpaired) electrons. The lowest BCUT2D eigenvalue weighted by molar-refractivity contribution is 0.0707. The maximum absolute atomic E-state index is 10.9. The standard InChI is InChI=1S/C7H9N3O2/c1-4-2-3-5(6(8)9-4)7(11)10-12/h2-3,12H,1H3,(H2,8,9)(H,10,11). The number of pyridine rings is 1. The van der Waals surface area contributed by atoms with Gasteiger partial charge in [-0.15, -0.1) is 0 Å². The second-order valence-electron chi connectivity index (χ2n) is 2.33. The van der Waals surface area contributed by atoms with Gasteiger partial charge in [0.2, 0.25) is 0 Å². The van der Waals surface area contributed by atoms with Crippen molar-refractivity contribution in [2.24, 2.45) is 0 Å². The molecule has 0 bridgehead atoms. The lowest BCUT2D eigenvalue weighted by Crippen LogP contribution is -2.20. The molecule has 64 valence electrons. The van der Waals surface area contributed by atoms with Crippen LogP contribution in [0, 0.1) is 6.92 Å². The summed E-state index contributed by atoms with van der Waals surface area (Å²) < 4.78 is 0. The summed E-state index contributed by atoms with van der Waals surface area (Å²) >= 11 is 0. The summed E-state index contributed by atoms with van der Waals surface area (Å²) in [6.07, 6.45) is 0. The molecule has 0 fully saturated rings. The lowest BCUT2D eigenvalue weighted by atomic mass is 10.2. The Morgan fingerprint density at radius 3 is 2.83 bits per heavy atom. The van der Waals surface area contributed by atoms with E-state index in [1.54, 1.807) is 13.0 Å². The zero-order valence-electron chi connectivity index (χ0n) is 6.53. The van der Waals surface area contributed by atoms with Gasteiger partial charge in [0.15, 0.2) is 0 Å². The molecular formula is C7H9N3O2. The van der Waals surface area contributed by atoms with Crippen LogP contribution in [0.15, 0.2) is 12.1 Å². The van der Waals surface area contributed by atoms with Crippen molar-refractivity contribution in [1.29, 1.82) is 0 Å². The first kappa shape index (κ1) is 8.48. The van der Waals surface area contributed by atoms with E-state index in [9.17, 15) is 4.79 Å². The van der Waals surface area contributed by atoms with Gasteiger partial charge in [-0.05, 0) is 19.1 Å². The van der Waals surface area contributed by atoms with E-state index in [0.29, 0.717) is 0 Å². The van der Waals surface area contributed by atoms with Crippen molar-refractivity contribution in [3.63, 3.8) is 0 Å². The Hall–Kier alpha value is -1.62. The van der Waals surface area contributed by atoms with E-state index in [2.05, 4.69) is 4.98 Å². The summed E-state index contributed by atoms with van der Waals surface area (Å²) in [5.74, 6) is -0.540. The van der Waals surface area contributed by atoms with E-state index < -0.39 is 5.91 Å². The highest BCUT2D eigenvalue weighted by Crippen LogP contribution is 2.08. The number of hydrogen-bond acceptors (Lipinski definition) is 4. The van der Waals surface area contributed by atoms with E-state index in [-0.39, 0.29) is 11.4 Å². The van der Waals surface area contributed by atoms with Crippen molar-refractivity contribution in [3.05, 3.63) is 23.4 Å². The number of nitrogens with two attached hydrogens (primary N) is 1. The molecule has 0 aromatic carbocycles. The highest BCUT2D eigenvalue weighted by molar-refractivity contribution is 5.97. The van der Waals surface area contributed by atoms with E-state index in [4.69, 9.17) is 10.9 Å². The number of nitrogen functional groups attached to an aromatic ring is 1. The Kier molecular flexibility index (Phi) is 2.25. The molecule has 0 aliphatic heterocycles. The highest BCUT2D eigenvalue weighted by atomic mass is 16.5. The number of aryl methyl sites for hydroxylation is 1. The lowest BCUT2D eigenvalue weighted by Gasteiger charge is -2.02. The van der Waals surface area contributed by atoms with Crippen LogP contribution in [-0.2, 0) is 0 Å². The van der Waals surface area contributed by atoms with Crippen molar-refractivity contribution in [2.45, 2.75) is 6.92 Å². The molecule has 5 nitrogen and oxygen atoms in total. The Labute approximate surface area is 69.2 Å². The van der Waals surface area contributed by atoms with Crippen LogP contribution in [-0.4, -0.2) is 16.1 Å². The molecule has 5 heteroatoms. The summed E-state index contributed by atoms with van der Waals surface area (Å²) in [7, 11) is 0. The topological polar surface area (TPSA) is 88.2 Å². The van der Waals surface area contributed by atoms with Crippen LogP contribution in [0.2, 0.25) is 0 Å². The van der Waals surface area contributed by atoms with E-state index in [1.807, 2.05) is 0 Å². The predicted molar refractivity (Wildman–Crippen MR) is 42.6 cm³/mol. The minimum Gasteiger partial charge on any atom is -0.383 e. The number of carbonyl (C=O) groups is 1. The van der Waals surface area contributed by atoms with Crippen LogP contribution in [0.25, 0.3) is 0 Å². The van der Waals surface area contributed by atoms with Crippen molar-refractivity contribution in [3.8, 4) is 0 Å². The number of hydrogen-bond donors (Lipinski definition) is 3. The third-order valence-electron chi connectivity index (χ3n) is 1.41. The molecule has 0 aliphatic carbocycles. The van der Waals surface area contributed by atoms with Gasteiger partial charge in [-0.25, -0.2) is 10.5 Å². The maximum Gasteiger partial charge on any atom is 0.278 e. The number of anilines is 1. The average Bonchev–Trinajstić information content (AvgIpc) is 2.03. The third-order valence-corrected chi connectivity index (χ3v) is 1.41. The van der Waals surface area contributed by atoms with Crippen molar-refractivity contribution in [2.75, 3.05) is 5.73 Å². The predicted octanol–water partition coefficient (Wildman–Crippen LogP) is 0.0912. The number of amides is 1. The molecule has 0 saturated carbocycles. The number of hydroxylamine groups is 1. The van der Waals surface area contributed by atoms with Crippen LogP contribution in [0.3, 0.4) is 0 Å². The molecule has 0 spiro atoms. The quantitative estimate of drug-likeness (QED) is 0.408. The highest BCUT2D eigenvalue weighted by Gasteiger charge is 2.08. The third kappa shape index (κ3) is 1.51. The SMILES string of the molecule is Cc1ccc(C(=O)NO)c(N)n1. The molecule has 4 N–H and O–H groups in total. The minimum atomic E-state index is -0.653. The number of nitrogens with one attached hydrogen (secondary N) is 1.